The molecule has 0 spiro atoms. The molecule has 0 aliphatic carbocycles. The van der Waals surface area contributed by atoms with E-state index in [0.717, 1.165) is 43.1 Å². The van der Waals surface area contributed by atoms with Gasteiger partial charge in [0, 0.05) is 30.4 Å². The predicted molar refractivity (Wildman–Crippen MR) is 109 cm³/mol. The first-order valence-corrected chi connectivity index (χ1v) is 11.2. The molecule has 0 bridgehead atoms. The van der Waals surface area contributed by atoms with E-state index < -0.39 is 9.84 Å². The Kier molecular flexibility index (Phi) is 5.59. The van der Waals surface area contributed by atoms with E-state index in [-0.39, 0.29) is 5.25 Å². The highest BCUT2D eigenvalue weighted by molar-refractivity contribution is 7.92. The first-order valence-electron chi connectivity index (χ1n) is 9.63. The van der Waals surface area contributed by atoms with Gasteiger partial charge in [-0.2, -0.15) is 0 Å². The summed E-state index contributed by atoms with van der Waals surface area (Å²) in [6.45, 7) is 2.53. The Hall–Kier alpha value is -2.44. The van der Waals surface area contributed by atoms with E-state index in [1.165, 1.54) is 0 Å². The van der Waals surface area contributed by atoms with Crippen LogP contribution in [-0.2, 0) is 16.3 Å². The number of sulfone groups is 1. The molecule has 0 radical (unpaired) electrons. The number of pyridine rings is 1. The lowest BCUT2D eigenvalue weighted by Gasteiger charge is -2.31. The van der Waals surface area contributed by atoms with Gasteiger partial charge in [-0.05, 0) is 74.5 Å². The van der Waals surface area contributed by atoms with Crippen molar-refractivity contribution in [1.82, 2.24) is 9.88 Å². The molecule has 146 valence electrons. The molecule has 28 heavy (non-hydrogen) atoms. The van der Waals surface area contributed by atoms with Gasteiger partial charge >= 0.3 is 0 Å². The van der Waals surface area contributed by atoms with Crippen molar-refractivity contribution in [3.63, 3.8) is 0 Å². The Balaban J connectivity index is 1.35. The number of hydrogen-bond donors (Lipinski definition) is 0. The fourth-order valence-corrected chi connectivity index (χ4v) is 5.44. The van der Waals surface area contributed by atoms with Crippen LogP contribution in [-0.4, -0.2) is 43.2 Å². The summed E-state index contributed by atoms with van der Waals surface area (Å²) < 4.78 is 31.4. The summed E-state index contributed by atoms with van der Waals surface area (Å²) in [4.78, 5) is 7.09. The third-order valence-corrected chi connectivity index (χ3v) is 7.65. The van der Waals surface area contributed by atoms with Crippen LogP contribution >= 0.6 is 0 Å². The van der Waals surface area contributed by atoms with E-state index in [4.69, 9.17) is 4.42 Å². The van der Waals surface area contributed by atoms with Gasteiger partial charge in [-0.15, -0.1) is 0 Å². The normalized spacial score (nSPS) is 16.3. The molecule has 0 atom stereocenters. The molecule has 3 heterocycles. The highest BCUT2D eigenvalue weighted by Crippen LogP contribution is 2.27. The molecule has 3 aromatic rings. The molecule has 0 amide bonds. The van der Waals surface area contributed by atoms with Gasteiger partial charge in [0.1, 0.15) is 5.76 Å². The second-order valence-corrected chi connectivity index (χ2v) is 9.39. The van der Waals surface area contributed by atoms with Crippen LogP contribution in [0.15, 0.2) is 76.4 Å². The van der Waals surface area contributed by atoms with Crippen molar-refractivity contribution in [3.8, 4) is 11.3 Å². The lowest BCUT2D eigenvalue weighted by molar-refractivity contribution is 0.232. The molecule has 1 saturated heterocycles. The monoisotopic (exact) mass is 396 g/mol. The molecule has 2 aromatic heterocycles. The van der Waals surface area contributed by atoms with E-state index >= 15 is 0 Å². The summed E-state index contributed by atoms with van der Waals surface area (Å²) in [5.41, 5.74) is 1.96. The van der Waals surface area contributed by atoms with Crippen molar-refractivity contribution in [2.24, 2.45) is 0 Å². The quantitative estimate of drug-likeness (QED) is 0.634. The van der Waals surface area contributed by atoms with Gasteiger partial charge in [-0.25, -0.2) is 8.42 Å². The number of hydrogen-bond acceptors (Lipinski definition) is 5. The van der Waals surface area contributed by atoms with E-state index in [9.17, 15) is 8.42 Å². The average molecular weight is 397 g/mol. The first-order chi connectivity index (χ1) is 13.6. The van der Waals surface area contributed by atoms with Crippen LogP contribution in [0.2, 0.25) is 0 Å². The molecular weight excluding hydrogens is 372 g/mol. The summed E-state index contributed by atoms with van der Waals surface area (Å²) in [5, 5.41) is -0.312. The van der Waals surface area contributed by atoms with E-state index in [2.05, 4.69) is 9.88 Å². The molecule has 4 rings (SSSR count). The van der Waals surface area contributed by atoms with E-state index in [0.29, 0.717) is 17.7 Å². The summed E-state index contributed by atoms with van der Waals surface area (Å²) in [6, 6.07) is 16.7. The zero-order valence-electron chi connectivity index (χ0n) is 15.7. The van der Waals surface area contributed by atoms with Crippen molar-refractivity contribution in [3.05, 3.63) is 72.8 Å². The second-order valence-electron chi connectivity index (χ2n) is 7.16. The Morgan fingerprint density at radius 2 is 1.79 bits per heavy atom. The predicted octanol–water partition coefficient (Wildman–Crippen LogP) is 3.82. The van der Waals surface area contributed by atoms with Crippen LogP contribution in [0.25, 0.3) is 11.3 Å². The maximum Gasteiger partial charge on any atom is 0.181 e. The van der Waals surface area contributed by atoms with Crippen LogP contribution in [0.3, 0.4) is 0 Å². The SMILES string of the molecule is O=S(=O)(c1ccc(-c2ccco2)cc1)C1CCN(CCc2ccccn2)CC1. The highest BCUT2D eigenvalue weighted by Gasteiger charge is 2.31. The molecule has 1 aliphatic heterocycles. The average Bonchev–Trinajstić information content (AvgIpc) is 3.28. The number of aromatic nitrogens is 1. The van der Waals surface area contributed by atoms with E-state index in [1.807, 2.05) is 48.7 Å². The van der Waals surface area contributed by atoms with Gasteiger partial charge in [0.15, 0.2) is 9.84 Å². The van der Waals surface area contributed by atoms with Gasteiger partial charge in [0.25, 0.3) is 0 Å². The van der Waals surface area contributed by atoms with Gasteiger partial charge in [0.2, 0.25) is 0 Å². The molecule has 0 unspecified atom stereocenters. The summed E-state index contributed by atoms with van der Waals surface area (Å²) >= 11 is 0. The van der Waals surface area contributed by atoms with Crippen molar-refractivity contribution in [1.29, 1.82) is 0 Å². The lowest BCUT2D eigenvalue weighted by Crippen LogP contribution is -2.40. The lowest BCUT2D eigenvalue weighted by atomic mass is 10.1. The molecule has 5 nitrogen and oxygen atoms in total. The Morgan fingerprint density at radius 3 is 2.43 bits per heavy atom. The summed E-state index contributed by atoms with van der Waals surface area (Å²) in [5.74, 6) is 0.741. The van der Waals surface area contributed by atoms with Gasteiger partial charge in [-0.3, -0.25) is 4.98 Å². The number of likely N-dealkylation sites (tertiary alicyclic amines) is 1. The number of piperidine rings is 1. The van der Waals surface area contributed by atoms with Crippen LogP contribution in [0.4, 0.5) is 0 Å². The molecule has 6 heteroatoms. The van der Waals surface area contributed by atoms with E-state index in [1.54, 1.807) is 18.4 Å². The van der Waals surface area contributed by atoms with Crippen LogP contribution < -0.4 is 0 Å². The fraction of sp³-hybridized carbons (Fsp3) is 0.318. The van der Waals surface area contributed by atoms with Gasteiger partial charge in [-0.1, -0.05) is 6.07 Å². The van der Waals surface area contributed by atoms with Crippen LogP contribution in [0.1, 0.15) is 18.5 Å². The van der Waals surface area contributed by atoms with Crippen molar-refractivity contribution < 1.29 is 12.8 Å². The van der Waals surface area contributed by atoms with Gasteiger partial charge in [0.05, 0.1) is 16.4 Å². The molecule has 1 aromatic carbocycles. The van der Waals surface area contributed by atoms with Crippen molar-refractivity contribution >= 4 is 9.84 Å². The summed E-state index contributed by atoms with van der Waals surface area (Å²) in [7, 11) is -3.31. The molecule has 0 saturated carbocycles. The maximum atomic E-state index is 13.0. The highest BCUT2D eigenvalue weighted by atomic mass is 32.2. The maximum absolute atomic E-state index is 13.0. The van der Waals surface area contributed by atoms with Crippen molar-refractivity contribution in [2.45, 2.75) is 29.4 Å². The molecule has 1 aliphatic rings. The summed E-state index contributed by atoms with van der Waals surface area (Å²) in [6.07, 6.45) is 5.66. The second kappa shape index (κ2) is 8.29. The Labute approximate surface area is 165 Å². The number of nitrogens with zero attached hydrogens (tertiary/aromatic N) is 2. The smallest absolute Gasteiger partial charge is 0.181 e. The Morgan fingerprint density at radius 1 is 1.00 bits per heavy atom. The van der Waals surface area contributed by atoms with Crippen LogP contribution in [0, 0.1) is 0 Å². The molecule has 0 N–H and O–H groups in total. The minimum Gasteiger partial charge on any atom is -0.464 e. The number of furan rings is 1. The fourth-order valence-electron chi connectivity index (χ4n) is 3.71. The Bertz CT molecular complexity index is 976. The zero-order chi connectivity index (χ0) is 19.4. The molecular formula is C22H24N2O3S. The minimum atomic E-state index is -3.31. The van der Waals surface area contributed by atoms with Crippen LogP contribution in [0.5, 0.6) is 0 Å². The largest absolute Gasteiger partial charge is 0.464 e. The third kappa shape index (κ3) is 4.18. The number of rotatable bonds is 6. The number of benzene rings is 1. The van der Waals surface area contributed by atoms with Crippen molar-refractivity contribution in [2.75, 3.05) is 19.6 Å². The first kappa shape index (κ1) is 18.9. The molecule has 1 fully saturated rings. The topological polar surface area (TPSA) is 63.4 Å². The van der Waals surface area contributed by atoms with Gasteiger partial charge < -0.3 is 9.32 Å². The zero-order valence-corrected chi connectivity index (χ0v) is 16.5. The standard InChI is InChI=1S/C22H24N2O3S/c25-28(26,20-8-6-18(7-9-20)22-5-3-17-27-22)21-11-15-24(16-12-21)14-10-19-4-1-2-13-23-19/h1-9,13,17,21H,10-12,14-16H2. The third-order valence-electron chi connectivity index (χ3n) is 5.37. The minimum absolute atomic E-state index is 0.312.